The van der Waals surface area contributed by atoms with Gasteiger partial charge in [-0.05, 0) is 69.8 Å². The predicted molar refractivity (Wildman–Crippen MR) is 194 cm³/mol. The normalized spacial score (nSPS) is 12.6. The molecular weight excluding hydrogens is 752 g/mol. The smallest absolute Gasteiger partial charge is 0.232 e. The quantitative estimate of drug-likeness (QED) is 0.139. The summed E-state index contributed by atoms with van der Waals surface area (Å²) in [6.07, 6.45) is 4.75. The standard InChI is InChI=1S/C30H29BN3.C11H8N.Ir/c1-30(2,3)19-20-16-17-32-24(18-20)21-14-15-27-28-29(21)34(5)26-13-9-7-11-23(26)31(28)22-10-6-8-12-25(22)33(27)4;1-2-6-10(7-3-1)11-8-4-5-9-12-11;/h6-13,15-18H,19H2,1-5H3;1-6,8-9H;/q2*-1;. The van der Waals surface area contributed by atoms with E-state index in [-0.39, 0.29) is 32.2 Å². The third-order valence-corrected chi connectivity index (χ3v) is 8.79. The molecule has 0 bridgehead atoms. The second kappa shape index (κ2) is 13.3. The zero-order chi connectivity index (χ0) is 31.8. The monoisotopic (exact) mass is 789 g/mol. The first-order valence-electron chi connectivity index (χ1n) is 15.9. The maximum atomic E-state index is 4.83. The summed E-state index contributed by atoms with van der Waals surface area (Å²) in [7, 11) is 4.35. The summed E-state index contributed by atoms with van der Waals surface area (Å²) >= 11 is 0. The van der Waals surface area contributed by atoms with Crippen LogP contribution < -0.4 is 26.2 Å². The van der Waals surface area contributed by atoms with E-state index in [1.54, 1.807) is 6.20 Å². The van der Waals surface area contributed by atoms with Gasteiger partial charge in [-0.1, -0.05) is 80.9 Å². The van der Waals surface area contributed by atoms with Crippen molar-refractivity contribution in [3.63, 3.8) is 0 Å². The van der Waals surface area contributed by atoms with Gasteiger partial charge in [0.15, 0.2) is 0 Å². The third kappa shape index (κ3) is 6.28. The Morgan fingerprint density at radius 3 is 2.00 bits per heavy atom. The number of nitrogens with zero attached hydrogens (tertiary/aromatic N) is 4. The molecule has 47 heavy (non-hydrogen) atoms. The summed E-state index contributed by atoms with van der Waals surface area (Å²) in [6, 6.07) is 44.6. The van der Waals surface area contributed by atoms with Gasteiger partial charge in [0.1, 0.15) is 0 Å². The topological polar surface area (TPSA) is 32.3 Å². The van der Waals surface area contributed by atoms with Gasteiger partial charge in [0.25, 0.3) is 0 Å². The van der Waals surface area contributed by atoms with Crippen molar-refractivity contribution in [2.45, 2.75) is 27.2 Å². The van der Waals surface area contributed by atoms with Gasteiger partial charge in [0.2, 0.25) is 6.71 Å². The number of hydrogen-bond acceptors (Lipinski definition) is 4. The van der Waals surface area contributed by atoms with Crippen LogP contribution in [0.25, 0.3) is 22.5 Å². The Labute approximate surface area is 293 Å². The first-order valence-corrected chi connectivity index (χ1v) is 15.9. The van der Waals surface area contributed by atoms with E-state index in [4.69, 9.17) is 4.98 Å². The molecule has 0 amide bonds. The Hall–Kier alpha value is -4.51. The molecule has 4 nitrogen and oxygen atoms in total. The molecule has 8 rings (SSSR count). The Morgan fingerprint density at radius 2 is 1.34 bits per heavy atom. The van der Waals surface area contributed by atoms with E-state index >= 15 is 0 Å². The van der Waals surface area contributed by atoms with Crippen LogP contribution in [0.5, 0.6) is 0 Å². The molecule has 0 atom stereocenters. The van der Waals surface area contributed by atoms with Gasteiger partial charge in [-0.2, -0.15) is 0 Å². The number of pyridine rings is 2. The molecule has 0 saturated heterocycles. The fourth-order valence-corrected chi connectivity index (χ4v) is 6.86. The molecule has 6 aromatic rings. The van der Waals surface area contributed by atoms with E-state index in [1.807, 2.05) is 48.7 Å². The minimum Gasteiger partial charge on any atom is -0.385 e. The van der Waals surface area contributed by atoms with Crippen molar-refractivity contribution in [3.8, 4) is 22.5 Å². The van der Waals surface area contributed by atoms with E-state index < -0.39 is 0 Å². The van der Waals surface area contributed by atoms with Gasteiger partial charge >= 0.3 is 0 Å². The molecule has 0 spiro atoms. The number of benzene rings is 4. The maximum absolute atomic E-state index is 4.83. The second-order valence-electron chi connectivity index (χ2n) is 13.3. The molecule has 2 aliphatic heterocycles. The van der Waals surface area contributed by atoms with E-state index in [1.165, 1.54) is 44.7 Å². The van der Waals surface area contributed by atoms with Crippen LogP contribution in [0.2, 0.25) is 0 Å². The SMILES string of the molecule is CN1c2ccccc2B2c3ccccc3N(C)c3c(-c4cc(CC(C)(C)C)ccn4)[c-]cc1c32.[Ir].[c-]1ccccc1-c1ccccn1. The Bertz CT molecular complexity index is 1960. The predicted octanol–water partition coefficient (Wildman–Crippen LogP) is 7.36. The minimum absolute atomic E-state index is 0. The summed E-state index contributed by atoms with van der Waals surface area (Å²) in [4.78, 5) is 13.7. The van der Waals surface area contributed by atoms with Crippen LogP contribution in [0.3, 0.4) is 0 Å². The van der Waals surface area contributed by atoms with E-state index in [9.17, 15) is 0 Å². The molecule has 4 heterocycles. The maximum Gasteiger partial charge on any atom is 0.232 e. The summed E-state index contributed by atoms with van der Waals surface area (Å²) in [6.45, 7) is 7.04. The first-order chi connectivity index (χ1) is 22.3. The van der Waals surface area contributed by atoms with Gasteiger partial charge < -0.3 is 19.8 Å². The average Bonchev–Trinajstić information content (AvgIpc) is 3.08. The zero-order valence-corrected chi connectivity index (χ0v) is 29.8. The van der Waals surface area contributed by atoms with Crippen LogP contribution in [-0.4, -0.2) is 30.8 Å². The van der Waals surface area contributed by atoms with Crippen LogP contribution in [0.15, 0.2) is 122 Å². The summed E-state index contributed by atoms with van der Waals surface area (Å²) < 4.78 is 0. The van der Waals surface area contributed by atoms with Crippen molar-refractivity contribution in [3.05, 3.63) is 139 Å². The van der Waals surface area contributed by atoms with Crippen LogP contribution in [0.1, 0.15) is 26.3 Å². The van der Waals surface area contributed by atoms with Crippen molar-refractivity contribution in [1.29, 1.82) is 0 Å². The van der Waals surface area contributed by atoms with Crippen LogP contribution >= 0.6 is 0 Å². The molecule has 0 aliphatic carbocycles. The van der Waals surface area contributed by atoms with E-state index in [2.05, 4.69) is 129 Å². The molecule has 2 aromatic heterocycles. The van der Waals surface area contributed by atoms with Gasteiger partial charge in [0, 0.05) is 58.0 Å². The molecule has 235 valence electrons. The molecule has 0 fully saturated rings. The van der Waals surface area contributed by atoms with E-state index in [0.29, 0.717) is 0 Å². The van der Waals surface area contributed by atoms with Crippen molar-refractivity contribution < 1.29 is 20.1 Å². The van der Waals surface area contributed by atoms with Crippen LogP contribution in [0.4, 0.5) is 22.7 Å². The third-order valence-electron chi connectivity index (χ3n) is 8.79. The zero-order valence-electron chi connectivity index (χ0n) is 27.5. The number of aromatic nitrogens is 2. The Balaban J connectivity index is 0.000000250. The summed E-state index contributed by atoms with van der Waals surface area (Å²) in [5.74, 6) is 0. The number of hydrogen-bond donors (Lipinski definition) is 0. The van der Waals surface area contributed by atoms with Crippen molar-refractivity contribution in [1.82, 2.24) is 9.97 Å². The fraction of sp³-hybridized carbons (Fsp3) is 0.171. The van der Waals surface area contributed by atoms with Crippen molar-refractivity contribution in [2.75, 3.05) is 23.9 Å². The average molecular weight is 789 g/mol. The van der Waals surface area contributed by atoms with Gasteiger partial charge in [-0.15, -0.1) is 59.1 Å². The van der Waals surface area contributed by atoms with Gasteiger partial charge in [-0.3, -0.25) is 0 Å². The molecule has 0 unspecified atom stereocenters. The summed E-state index contributed by atoms with van der Waals surface area (Å²) in [5.41, 5.74) is 14.6. The molecule has 1 radical (unpaired) electrons. The number of para-hydroxylation sites is 2. The second-order valence-corrected chi connectivity index (χ2v) is 13.3. The molecular formula is C41H37BIrN4-2. The molecule has 6 heteroatoms. The van der Waals surface area contributed by atoms with Crippen LogP contribution in [-0.2, 0) is 26.5 Å². The number of anilines is 4. The Morgan fingerprint density at radius 1 is 0.681 bits per heavy atom. The van der Waals surface area contributed by atoms with Gasteiger partial charge in [0.05, 0.1) is 0 Å². The minimum atomic E-state index is 0. The Kier molecular flexibility index (Phi) is 9.19. The van der Waals surface area contributed by atoms with Gasteiger partial charge in [-0.25, -0.2) is 0 Å². The fourth-order valence-electron chi connectivity index (χ4n) is 6.86. The number of rotatable bonds is 3. The molecule has 2 aliphatic rings. The largest absolute Gasteiger partial charge is 0.385 e. The van der Waals surface area contributed by atoms with Crippen molar-refractivity contribution >= 4 is 45.9 Å². The molecule has 0 N–H and O–H groups in total. The molecule has 0 saturated carbocycles. The molecule has 4 aromatic carbocycles. The van der Waals surface area contributed by atoms with Crippen molar-refractivity contribution in [2.24, 2.45) is 5.41 Å². The first kappa shape index (κ1) is 32.4. The summed E-state index contributed by atoms with van der Waals surface area (Å²) in [5, 5.41) is 0. The number of fused-ring (bicyclic) bond motifs is 4. The van der Waals surface area contributed by atoms with E-state index in [0.717, 1.165) is 28.9 Å². The van der Waals surface area contributed by atoms with Crippen LogP contribution in [0, 0.1) is 17.5 Å².